The van der Waals surface area contributed by atoms with Crippen LogP contribution in [0.5, 0.6) is 11.5 Å². The second kappa shape index (κ2) is 8.64. The van der Waals surface area contributed by atoms with Crippen molar-refractivity contribution in [2.24, 2.45) is 0 Å². The molecule has 1 aliphatic heterocycles. The number of rotatable bonds is 6. The lowest BCUT2D eigenvalue weighted by Crippen LogP contribution is -2.41. The third-order valence-electron chi connectivity index (χ3n) is 4.69. The molecule has 1 aromatic heterocycles. The molecule has 9 heteroatoms. The van der Waals surface area contributed by atoms with Crippen LogP contribution in [0.3, 0.4) is 0 Å². The molecule has 0 bridgehead atoms. The molecule has 28 heavy (non-hydrogen) atoms. The minimum Gasteiger partial charge on any atom is -0.493 e. The summed E-state index contributed by atoms with van der Waals surface area (Å²) in [7, 11) is 3.20. The van der Waals surface area contributed by atoms with E-state index in [0.29, 0.717) is 24.6 Å². The molecule has 1 unspecified atom stereocenters. The summed E-state index contributed by atoms with van der Waals surface area (Å²) in [4.78, 5) is 9.47. The molecule has 1 fully saturated rings. The molecule has 0 saturated carbocycles. The fourth-order valence-corrected chi connectivity index (χ4v) is 3.44. The summed E-state index contributed by atoms with van der Waals surface area (Å²) in [6.07, 6.45) is -1.76. The number of nitrogens with one attached hydrogen (secondary N) is 1. The molecule has 2 aromatic rings. The van der Waals surface area contributed by atoms with Gasteiger partial charge in [0.1, 0.15) is 17.8 Å². The zero-order valence-electron chi connectivity index (χ0n) is 15.8. The second-order valence-corrected chi connectivity index (χ2v) is 6.66. The van der Waals surface area contributed by atoms with Gasteiger partial charge in [0.25, 0.3) is 0 Å². The molecule has 2 heterocycles. The Bertz CT molecular complexity index is 801. The fourth-order valence-electron chi connectivity index (χ4n) is 3.44. The van der Waals surface area contributed by atoms with Crippen LogP contribution in [0.4, 0.5) is 19.0 Å². The van der Waals surface area contributed by atoms with Crippen molar-refractivity contribution in [2.75, 3.05) is 32.6 Å². The summed E-state index contributed by atoms with van der Waals surface area (Å²) < 4.78 is 49.3. The molecule has 1 aromatic carbocycles. The fraction of sp³-hybridized carbons (Fsp3) is 0.474. The first-order valence-corrected chi connectivity index (χ1v) is 8.98. The van der Waals surface area contributed by atoms with Gasteiger partial charge in [-0.15, -0.1) is 0 Å². The van der Waals surface area contributed by atoms with Gasteiger partial charge in [0.15, 0.2) is 11.5 Å². The highest BCUT2D eigenvalue weighted by Crippen LogP contribution is 2.32. The van der Waals surface area contributed by atoms with Crippen LogP contribution in [-0.2, 0) is 12.7 Å². The predicted molar refractivity (Wildman–Crippen MR) is 98.5 cm³/mol. The highest BCUT2D eigenvalue weighted by atomic mass is 19.4. The van der Waals surface area contributed by atoms with Crippen LogP contribution in [0.25, 0.3) is 0 Å². The van der Waals surface area contributed by atoms with Crippen LogP contribution >= 0.6 is 0 Å². The van der Waals surface area contributed by atoms with Gasteiger partial charge in [-0.1, -0.05) is 12.1 Å². The number of ether oxygens (including phenoxy) is 2. The van der Waals surface area contributed by atoms with E-state index in [9.17, 15) is 13.2 Å². The minimum atomic E-state index is -4.49. The highest BCUT2D eigenvalue weighted by Gasteiger charge is 2.33. The molecular formula is C19H23F3N4O2. The van der Waals surface area contributed by atoms with E-state index in [1.807, 2.05) is 18.2 Å². The summed E-state index contributed by atoms with van der Waals surface area (Å²) in [6, 6.07) is 6.69. The van der Waals surface area contributed by atoms with Gasteiger partial charge in [0, 0.05) is 30.8 Å². The molecule has 3 rings (SSSR count). The van der Waals surface area contributed by atoms with Crippen molar-refractivity contribution in [2.45, 2.75) is 31.6 Å². The van der Waals surface area contributed by atoms with Crippen molar-refractivity contribution in [3.63, 3.8) is 0 Å². The standard InChI is InChI=1S/C19H23F3N4O2/c1-27-15-7-3-5-13(18(15)28-2)10-26-8-4-6-14(11-26)25-17-9-16(19(20,21)22)23-12-24-17/h3,5,7,9,12,14H,4,6,8,10-11H2,1-2H3,(H,23,24,25). The number of likely N-dealkylation sites (tertiary alicyclic amines) is 1. The summed E-state index contributed by atoms with van der Waals surface area (Å²) in [5.41, 5.74) is 0.0580. The van der Waals surface area contributed by atoms with E-state index in [2.05, 4.69) is 20.2 Å². The zero-order chi connectivity index (χ0) is 20.1. The van der Waals surface area contributed by atoms with Crippen molar-refractivity contribution >= 4 is 5.82 Å². The molecule has 0 spiro atoms. The van der Waals surface area contributed by atoms with Gasteiger partial charge in [0.2, 0.25) is 0 Å². The number of nitrogens with zero attached hydrogens (tertiary/aromatic N) is 3. The number of para-hydroxylation sites is 1. The van der Waals surface area contributed by atoms with E-state index < -0.39 is 11.9 Å². The van der Waals surface area contributed by atoms with E-state index in [1.54, 1.807) is 14.2 Å². The number of hydrogen-bond acceptors (Lipinski definition) is 6. The van der Waals surface area contributed by atoms with Crippen molar-refractivity contribution in [3.8, 4) is 11.5 Å². The van der Waals surface area contributed by atoms with Crippen LogP contribution in [-0.4, -0.2) is 48.2 Å². The van der Waals surface area contributed by atoms with Crippen molar-refractivity contribution in [1.29, 1.82) is 0 Å². The maximum atomic E-state index is 12.8. The van der Waals surface area contributed by atoms with Gasteiger partial charge < -0.3 is 14.8 Å². The second-order valence-electron chi connectivity index (χ2n) is 6.66. The third kappa shape index (κ3) is 4.83. The normalized spacial score (nSPS) is 18.0. The minimum absolute atomic E-state index is 0.00124. The third-order valence-corrected chi connectivity index (χ3v) is 4.69. The molecule has 1 aliphatic rings. The van der Waals surface area contributed by atoms with Crippen molar-refractivity contribution < 1.29 is 22.6 Å². The van der Waals surface area contributed by atoms with Gasteiger partial charge in [-0.2, -0.15) is 13.2 Å². The lowest BCUT2D eigenvalue weighted by molar-refractivity contribution is -0.141. The van der Waals surface area contributed by atoms with E-state index >= 15 is 0 Å². The molecule has 1 atom stereocenters. The number of methoxy groups -OCH3 is 2. The van der Waals surface area contributed by atoms with Gasteiger partial charge in [-0.3, -0.25) is 4.90 Å². The zero-order valence-corrected chi connectivity index (χ0v) is 15.8. The molecule has 1 N–H and O–H groups in total. The van der Waals surface area contributed by atoms with Crippen LogP contribution < -0.4 is 14.8 Å². The van der Waals surface area contributed by atoms with Crippen LogP contribution in [0.15, 0.2) is 30.6 Å². The first-order valence-electron chi connectivity index (χ1n) is 8.98. The number of aromatic nitrogens is 2. The number of piperidine rings is 1. The van der Waals surface area contributed by atoms with E-state index in [1.165, 1.54) is 0 Å². The Morgan fingerprint density at radius 2 is 2.04 bits per heavy atom. The maximum absolute atomic E-state index is 12.8. The number of anilines is 1. The lowest BCUT2D eigenvalue weighted by atomic mass is 10.0. The van der Waals surface area contributed by atoms with Crippen LogP contribution in [0, 0.1) is 0 Å². The Morgan fingerprint density at radius 3 is 2.75 bits per heavy atom. The molecule has 0 radical (unpaired) electrons. The Morgan fingerprint density at radius 1 is 1.21 bits per heavy atom. The Hall–Kier alpha value is -2.55. The SMILES string of the molecule is COc1cccc(CN2CCCC(Nc3cc(C(F)(F)F)ncn3)C2)c1OC. The van der Waals surface area contributed by atoms with Crippen molar-refractivity contribution in [3.05, 3.63) is 41.9 Å². The Balaban J connectivity index is 1.67. The summed E-state index contributed by atoms with van der Waals surface area (Å²) in [6.45, 7) is 2.25. The Labute approximate surface area is 161 Å². The molecule has 6 nitrogen and oxygen atoms in total. The number of hydrogen-bond donors (Lipinski definition) is 1. The smallest absolute Gasteiger partial charge is 0.433 e. The van der Waals surface area contributed by atoms with Crippen LogP contribution in [0.2, 0.25) is 0 Å². The monoisotopic (exact) mass is 396 g/mol. The van der Waals surface area contributed by atoms with E-state index in [-0.39, 0.29) is 11.9 Å². The average Bonchev–Trinajstić information content (AvgIpc) is 2.67. The van der Waals surface area contributed by atoms with Gasteiger partial charge in [0.05, 0.1) is 14.2 Å². The van der Waals surface area contributed by atoms with Gasteiger partial charge in [-0.05, 0) is 25.5 Å². The predicted octanol–water partition coefficient (Wildman–Crippen LogP) is 3.59. The molecule has 0 amide bonds. The summed E-state index contributed by atoms with van der Waals surface area (Å²) >= 11 is 0. The lowest BCUT2D eigenvalue weighted by Gasteiger charge is -2.33. The van der Waals surface area contributed by atoms with Gasteiger partial charge >= 0.3 is 6.18 Å². The molecular weight excluding hydrogens is 373 g/mol. The molecule has 152 valence electrons. The summed E-state index contributed by atoms with van der Waals surface area (Å²) in [5.74, 6) is 1.56. The quantitative estimate of drug-likeness (QED) is 0.805. The number of halogens is 3. The average molecular weight is 396 g/mol. The van der Waals surface area contributed by atoms with E-state index in [4.69, 9.17) is 9.47 Å². The summed E-state index contributed by atoms with van der Waals surface area (Å²) in [5, 5.41) is 3.11. The first kappa shape index (κ1) is 20.2. The first-order chi connectivity index (χ1) is 13.4. The van der Waals surface area contributed by atoms with Gasteiger partial charge in [-0.25, -0.2) is 9.97 Å². The molecule has 0 aliphatic carbocycles. The topological polar surface area (TPSA) is 59.5 Å². The molecule has 1 saturated heterocycles. The maximum Gasteiger partial charge on any atom is 0.433 e. The number of benzene rings is 1. The highest BCUT2D eigenvalue weighted by molar-refractivity contribution is 5.46. The van der Waals surface area contributed by atoms with E-state index in [0.717, 1.165) is 37.3 Å². The number of alkyl halides is 3. The Kier molecular flexibility index (Phi) is 6.23. The largest absolute Gasteiger partial charge is 0.493 e. The van der Waals surface area contributed by atoms with Crippen molar-refractivity contribution in [1.82, 2.24) is 14.9 Å². The van der Waals surface area contributed by atoms with Crippen LogP contribution in [0.1, 0.15) is 24.1 Å².